The number of nitrogen functional groups attached to an aromatic ring is 1. The minimum absolute atomic E-state index is 0.339. The number of nitrogens with zero attached hydrogens (tertiary/aromatic N) is 1. The van der Waals surface area contributed by atoms with Crippen molar-refractivity contribution in [1.29, 1.82) is 0 Å². The molecule has 18 heavy (non-hydrogen) atoms. The van der Waals surface area contributed by atoms with Crippen LogP contribution in [0.25, 0.3) is 0 Å². The lowest BCUT2D eigenvalue weighted by atomic mass is 10.2. The van der Waals surface area contributed by atoms with E-state index in [0.29, 0.717) is 11.5 Å². The lowest BCUT2D eigenvalue weighted by molar-refractivity contribution is 0.0957. The quantitative estimate of drug-likeness (QED) is 0.499. The summed E-state index contributed by atoms with van der Waals surface area (Å²) < 4.78 is 5.58. The number of nitrogens with two attached hydrogens (primary N) is 1. The number of hydrogen-bond donors (Lipinski definition) is 2. The Kier molecular flexibility index (Phi) is 3.91. The van der Waals surface area contributed by atoms with Gasteiger partial charge in [0.05, 0.1) is 6.20 Å². The van der Waals surface area contributed by atoms with Gasteiger partial charge in [-0.2, -0.15) is 0 Å². The van der Waals surface area contributed by atoms with Gasteiger partial charge in [0.1, 0.15) is 22.2 Å². The van der Waals surface area contributed by atoms with Gasteiger partial charge in [0.2, 0.25) is 0 Å². The zero-order chi connectivity index (χ0) is 13.0. The van der Waals surface area contributed by atoms with Crippen LogP contribution in [0, 0.1) is 6.92 Å². The van der Waals surface area contributed by atoms with Gasteiger partial charge in [-0.05, 0) is 24.6 Å². The normalized spacial score (nSPS) is 10.1. The van der Waals surface area contributed by atoms with Crippen molar-refractivity contribution in [2.75, 3.05) is 0 Å². The first-order valence-electron chi connectivity index (χ1n) is 5.34. The van der Waals surface area contributed by atoms with Gasteiger partial charge in [0.15, 0.2) is 0 Å². The number of thiazole rings is 1. The van der Waals surface area contributed by atoms with Gasteiger partial charge >= 0.3 is 0 Å². The Morgan fingerprint density at radius 3 is 3.11 bits per heavy atom. The van der Waals surface area contributed by atoms with E-state index in [9.17, 15) is 4.79 Å². The van der Waals surface area contributed by atoms with Crippen LogP contribution in [0.3, 0.4) is 0 Å². The number of hydrogen-bond acceptors (Lipinski definition) is 5. The summed E-state index contributed by atoms with van der Waals surface area (Å²) in [5.41, 5.74) is 3.20. The van der Waals surface area contributed by atoms with Crippen molar-refractivity contribution in [1.82, 2.24) is 10.4 Å². The van der Waals surface area contributed by atoms with E-state index in [1.54, 1.807) is 0 Å². The molecule has 94 valence electrons. The van der Waals surface area contributed by atoms with Crippen molar-refractivity contribution in [2.45, 2.75) is 13.5 Å². The highest BCUT2D eigenvalue weighted by Gasteiger charge is 2.09. The van der Waals surface area contributed by atoms with E-state index < -0.39 is 0 Å². The second kappa shape index (κ2) is 5.61. The lowest BCUT2D eigenvalue weighted by Gasteiger charge is -2.04. The van der Waals surface area contributed by atoms with Gasteiger partial charge in [-0.15, -0.1) is 11.3 Å². The molecule has 0 aliphatic carbocycles. The van der Waals surface area contributed by atoms with Crippen LogP contribution in [0.15, 0.2) is 30.5 Å². The molecule has 3 N–H and O–H groups in total. The van der Waals surface area contributed by atoms with Crippen LogP contribution in [0.2, 0.25) is 0 Å². The fourth-order valence-corrected chi connectivity index (χ4v) is 2.14. The molecular weight excluding hydrogens is 250 g/mol. The van der Waals surface area contributed by atoms with E-state index in [4.69, 9.17) is 10.6 Å². The summed E-state index contributed by atoms with van der Waals surface area (Å²) in [5, 5.41) is 0.732. The van der Waals surface area contributed by atoms with Crippen LogP contribution < -0.4 is 16.0 Å². The van der Waals surface area contributed by atoms with Gasteiger partial charge in [-0.25, -0.2) is 10.8 Å². The van der Waals surface area contributed by atoms with Crippen LogP contribution in [0.1, 0.15) is 20.2 Å². The first-order valence-corrected chi connectivity index (χ1v) is 6.16. The molecule has 0 radical (unpaired) electrons. The summed E-state index contributed by atoms with van der Waals surface area (Å²) in [6, 6.07) is 7.76. The Bertz CT molecular complexity index is 554. The summed E-state index contributed by atoms with van der Waals surface area (Å²) in [4.78, 5) is 15.8. The van der Waals surface area contributed by atoms with E-state index in [1.165, 1.54) is 17.5 Å². The van der Waals surface area contributed by atoms with Crippen molar-refractivity contribution >= 4 is 17.2 Å². The molecule has 0 saturated carbocycles. The van der Waals surface area contributed by atoms with Gasteiger partial charge in [-0.1, -0.05) is 12.1 Å². The topological polar surface area (TPSA) is 77.2 Å². The number of hydrazine groups is 1. The second-order valence-corrected chi connectivity index (χ2v) is 4.81. The van der Waals surface area contributed by atoms with Crippen LogP contribution >= 0.6 is 11.3 Å². The summed E-state index contributed by atoms with van der Waals surface area (Å²) in [6.45, 7) is 2.34. The molecular formula is C12H13N3O2S. The monoisotopic (exact) mass is 263 g/mol. The maximum Gasteiger partial charge on any atom is 0.276 e. The molecule has 5 nitrogen and oxygen atoms in total. The average Bonchev–Trinajstić information content (AvgIpc) is 2.84. The molecule has 1 amide bonds. The highest BCUT2D eigenvalue weighted by molar-refractivity contribution is 7.13. The van der Waals surface area contributed by atoms with Gasteiger partial charge < -0.3 is 4.74 Å². The summed E-state index contributed by atoms with van der Waals surface area (Å²) >= 11 is 1.26. The SMILES string of the molecule is Cc1cccc(OCc2ncc(C(=O)NN)s2)c1. The second-order valence-electron chi connectivity index (χ2n) is 3.70. The van der Waals surface area contributed by atoms with Gasteiger partial charge in [0.25, 0.3) is 5.91 Å². The number of rotatable bonds is 4. The summed E-state index contributed by atoms with van der Waals surface area (Å²) in [5.74, 6) is 5.49. The number of ether oxygens (including phenoxy) is 1. The minimum atomic E-state index is -0.339. The van der Waals surface area contributed by atoms with Gasteiger partial charge in [0, 0.05) is 0 Å². The van der Waals surface area contributed by atoms with E-state index in [1.807, 2.05) is 31.2 Å². The van der Waals surface area contributed by atoms with Crippen LogP contribution in [-0.4, -0.2) is 10.9 Å². The molecule has 1 heterocycles. The first-order chi connectivity index (χ1) is 8.69. The van der Waals surface area contributed by atoms with Crippen LogP contribution in [0.5, 0.6) is 5.75 Å². The predicted octanol–water partition coefficient (Wildman–Crippen LogP) is 1.63. The summed E-state index contributed by atoms with van der Waals surface area (Å²) in [6.07, 6.45) is 1.49. The first kappa shape index (κ1) is 12.5. The number of carbonyl (C=O) groups is 1. The number of benzene rings is 1. The Morgan fingerprint density at radius 1 is 1.56 bits per heavy atom. The molecule has 0 atom stereocenters. The maximum atomic E-state index is 11.2. The van der Waals surface area contributed by atoms with Crippen LogP contribution in [-0.2, 0) is 6.61 Å². The fraction of sp³-hybridized carbons (Fsp3) is 0.167. The Labute approximate surface area is 109 Å². The number of aryl methyl sites for hydroxylation is 1. The maximum absolute atomic E-state index is 11.2. The fourth-order valence-electron chi connectivity index (χ4n) is 1.40. The van der Waals surface area contributed by atoms with Crippen molar-refractivity contribution in [3.8, 4) is 5.75 Å². The van der Waals surface area contributed by atoms with Crippen molar-refractivity contribution in [3.63, 3.8) is 0 Å². The average molecular weight is 263 g/mol. The number of carbonyl (C=O) groups excluding carboxylic acids is 1. The van der Waals surface area contributed by atoms with E-state index >= 15 is 0 Å². The van der Waals surface area contributed by atoms with Crippen LogP contribution in [0.4, 0.5) is 0 Å². The van der Waals surface area contributed by atoms with Crippen molar-refractivity contribution in [3.05, 3.63) is 45.9 Å². The third kappa shape index (κ3) is 3.06. The lowest BCUT2D eigenvalue weighted by Crippen LogP contribution is -2.29. The Balaban J connectivity index is 1.98. The molecule has 0 aliphatic heterocycles. The molecule has 1 aromatic carbocycles. The molecule has 1 aromatic heterocycles. The number of amides is 1. The van der Waals surface area contributed by atoms with E-state index in [0.717, 1.165) is 16.3 Å². The highest BCUT2D eigenvalue weighted by atomic mass is 32.1. The smallest absolute Gasteiger partial charge is 0.276 e. The third-order valence-corrected chi connectivity index (χ3v) is 3.23. The largest absolute Gasteiger partial charge is 0.486 e. The molecule has 0 fully saturated rings. The Hall–Kier alpha value is -1.92. The molecule has 2 rings (SSSR count). The van der Waals surface area contributed by atoms with E-state index in [-0.39, 0.29) is 5.91 Å². The Morgan fingerprint density at radius 2 is 2.39 bits per heavy atom. The molecule has 6 heteroatoms. The van der Waals surface area contributed by atoms with Crippen molar-refractivity contribution < 1.29 is 9.53 Å². The predicted molar refractivity (Wildman–Crippen MR) is 69.3 cm³/mol. The standard InChI is InChI=1S/C12H13N3O2S/c1-8-3-2-4-9(5-8)17-7-11-14-6-10(18-11)12(16)15-13/h2-6H,7,13H2,1H3,(H,15,16). The molecule has 0 unspecified atom stereocenters. The van der Waals surface area contributed by atoms with Gasteiger partial charge in [-0.3, -0.25) is 10.2 Å². The zero-order valence-electron chi connectivity index (χ0n) is 9.84. The summed E-state index contributed by atoms with van der Waals surface area (Å²) in [7, 11) is 0. The van der Waals surface area contributed by atoms with Crippen molar-refractivity contribution in [2.24, 2.45) is 5.84 Å². The minimum Gasteiger partial charge on any atom is -0.486 e. The molecule has 0 saturated heterocycles. The molecule has 0 bridgehead atoms. The zero-order valence-corrected chi connectivity index (χ0v) is 10.7. The molecule has 2 aromatic rings. The number of aromatic nitrogens is 1. The third-order valence-electron chi connectivity index (χ3n) is 2.26. The van der Waals surface area contributed by atoms with E-state index in [2.05, 4.69) is 10.4 Å². The highest BCUT2D eigenvalue weighted by Crippen LogP contribution is 2.17. The molecule has 0 spiro atoms. The number of nitrogens with one attached hydrogen (secondary N) is 1. The molecule has 0 aliphatic rings.